The number of nitrogens with zero attached hydrogens (tertiary/aromatic N) is 2. The van der Waals surface area contributed by atoms with E-state index in [1.54, 1.807) is 0 Å². The molecule has 0 aliphatic carbocycles. The van der Waals surface area contributed by atoms with Gasteiger partial charge in [0, 0.05) is 42.9 Å². The van der Waals surface area contributed by atoms with E-state index in [0.29, 0.717) is 13.0 Å². The van der Waals surface area contributed by atoms with Gasteiger partial charge in [-0.3, -0.25) is 9.69 Å². The maximum absolute atomic E-state index is 12.1. The number of rotatable bonds is 4. The SMILES string of the molecule is Cc1ccc(Cl)cc1N1CCN(CC(=O)NC2CCS(=O)(=O)C2)CC1. The van der Waals surface area contributed by atoms with Gasteiger partial charge < -0.3 is 10.2 Å². The summed E-state index contributed by atoms with van der Waals surface area (Å²) in [6, 6.07) is 5.67. The zero-order chi connectivity index (χ0) is 18.0. The van der Waals surface area contributed by atoms with Crippen LogP contribution in [0.15, 0.2) is 18.2 Å². The zero-order valence-corrected chi connectivity index (χ0v) is 15.9. The van der Waals surface area contributed by atoms with Gasteiger partial charge in [0.05, 0.1) is 18.1 Å². The standard InChI is InChI=1S/C17H24ClN3O3S/c1-13-2-3-14(18)10-16(13)21-7-5-20(6-8-21)11-17(22)19-15-4-9-25(23,24)12-15/h2-3,10,15H,4-9,11-12H2,1H3,(H,19,22). The minimum absolute atomic E-state index is 0.0700. The second kappa shape index (κ2) is 7.51. The fourth-order valence-electron chi connectivity index (χ4n) is 3.46. The lowest BCUT2D eigenvalue weighted by Gasteiger charge is -2.36. The summed E-state index contributed by atoms with van der Waals surface area (Å²) in [5.74, 6) is 0.158. The molecule has 1 N–H and O–H groups in total. The molecule has 3 rings (SSSR count). The third-order valence-electron chi connectivity index (χ3n) is 4.85. The summed E-state index contributed by atoms with van der Waals surface area (Å²) in [4.78, 5) is 16.5. The van der Waals surface area contributed by atoms with Crippen molar-refractivity contribution in [1.82, 2.24) is 10.2 Å². The molecule has 6 nitrogen and oxygen atoms in total. The van der Waals surface area contributed by atoms with Crippen LogP contribution in [0.1, 0.15) is 12.0 Å². The Morgan fingerprint density at radius 2 is 2.00 bits per heavy atom. The fourth-order valence-corrected chi connectivity index (χ4v) is 5.30. The molecule has 1 aromatic carbocycles. The molecule has 2 fully saturated rings. The van der Waals surface area contributed by atoms with Crippen molar-refractivity contribution in [2.24, 2.45) is 0 Å². The summed E-state index contributed by atoms with van der Waals surface area (Å²) in [7, 11) is -2.97. The average molecular weight is 386 g/mol. The summed E-state index contributed by atoms with van der Waals surface area (Å²) >= 11 is 6.10. The highest BCUT2D eigenvalue weighted by molar-refractivity contribution is 7.91. The van der Waals surface area contributed by atoms with Crippen LogP contribution in [-0.2, 0) is 14.6 Å². The topological polar surface area (TPSA) is 69.7 Å². The fraction of sp³-hybridized carbons (Fsp3) is 0.588. The number of piperazine rings is 1. The van der Waals surface area contributed by atoms with Gasteiger partial charge in [0.1, 0.15) is 0 Å². The number of amides is 1. The Morgan fingerprint density at radius 1 is 1.28 bits per heavy atom. The van der Waals surface area contributed by atoms with Crippen molar-refractivity contribution < 1.29 is 13.2 Å². The summed E-state index contributed by atoms with van der Waals surface area (Å²) in [5, 5.41) is 3.58. The molecule has 25 heavy (non-hydrogen) atoms. The third kappa shape index (κ3) is 4.86. The van der Waals surface area contributed by atoms with E-state index in [2.05, 4.69) is 22.0 Å². The van der Waals surface area contributed by atoms with Crippen LogP contribution in [0.3, 0.4) is 0 Å². The largest absolute Gasteiger partial charge is 0.369 e. The number of nitrogens with one attached hydrogen (secondary N) is 1. The maximum atomic E-state index is 12.1. The summed E-state index contributed by atoms with van der Waals surface area (Å²) in [5.41, 5.74) is 2.34. The predicted octanol–water partition coefficient (Wildman–Crippen LogP) is 1.07. The molecule has 1 unspecified atom stereocenters. The zero-order valence-electron chi connectivity index (χ0n) is 14.4. The van der Waals surface area contributed by atoms with Crippen LogP contribution < -0.4 is 10.2 Å². The van der Waals surface area contributed by atoms with Crippen LogP contribution >= 0.6 is 11.6 Å². The quantitative estimate of drug-likeness (QED) is 0.839. The maximum Gasteiger partial charge on any atom is 0.234 e. The molecule has 1 atom stereocenters. The molecular formula is C17H24ClN3O3S. The Morgan fingerprint density at radius 3 is 2.64 bits per heavy atom. The van der Waals surface area contributed by atoms with Gasteiger partial charge in [0.25, 0.3) is 0 Å². The molecule has 8 heteroatoms. The second-order valence-electron chi connectivity index (χ2n) is 6.86. The molecular weight excluding hydrogens is 362 g/mol. The number of carbonyl (C=O) groups is 1. The van der Waals surface area contributed by atoms with Crippen molar-refractivity contribution in [2.75, 3.05) is 49.1 Å². The number of hydrogen-bond acceptors (Lipinski definition) is 5. The average Bonchev–Trinajstić information content (AvgIpc) is 2.89. The van der Waals surface area contributed by atoms with Crippen LogP contribution in [0.2, 0.25) is 5.02 Å². The van der Waals surface area contributed by atoms with Crippen molar-refractivity contribution in [3.63, 3.8) is 0 Å². The van der Waals surface area contributed by atoms with Crippen LogP contribution in [0.25, 0.3) is 0 Å². The Balaban J connectivity index is 1.48. The highest BCUT2D eigenvalue weighted by Crippen LogP contribution is 2.25. The molecule has 2 saturated heterocycles. The lowest BCUT2D eigenvalue weighted by Crippen LogP contribution is -2.50. The first-order chi connectivity index (χ1) is 11.8. The van der Waals surface area contributed by atoms with Crippen molar-refractivity contribution in [3.05, 3.63) is 28.8 Å². The lowest BCUT2D eigenvalue weighted by atomic mass is 10.1. The van der Waals surface area contributed by atoms with Crippen molar-refractivity contribution in [2.45, 2.75) is 19.4 Å². The summed E-state index contributed by atoms with van der Waals surface area (Å²) < 4.78 is 22.9. The normalized spacial score (nSPS) is 23.6. The van der Waals surface area contributed by atoms with Gasteiger partial charge in [0.15, 0.2) is 9.84 Å². The third-order valence-corrected chi connectivity index (χ3v) is 6.85. The number of aryl methyl sites for hydroxylation is 1. The van der Waals surface area contributed by atoms with Gasteiger partial charge in [-0.2, -0.15) is 0 Å². The minimum Gasteiger partial charge on any atom is -0.369 e. The first-order valence-electron chi connectivity index (χ1n) is 8.56. The molecule has 1 aromatic rings. The van der Waals surface area contributed by atoms with E-state index in [1.165, 1.54) is 5.56 Å². The number of hydrogen-bond donors (Lipinski definition) is 1. The van der Waals surface area contributed by atoms with Crippen molar-refractivity contribution in [3.8, 4) is 0 Å². The predicted molar refractivity (Wildman–Crippen MR) is 100 cm³/mol. The van der Waals surface area contributed by atoms with Crippen LogP contribution in [0.4, 0.5) is 5.69 Å². The van der Waals surface area contributed by atoms with E-state index in [9.17, 15) is 13.2 Å². The van der Waals surface area contributed by atoms with E-state index in [4.69, 9.17) is 11.6 Å². The van der Waals surface area contributed by atoms with E-state index in [-0.39, 0.29) is 23.5 Å². The van der Waals surface area contributed by atoms with Gasteiger partial charge in [0.2, 0.25) is 5.91 Å². The number of anilines is 1. The Hall–Kier alpha value is -1.31. The van der Waals surface area contributed by atoms with Gasteiger partial charge in [-0.1, -0.05) is 17.7 Å². The Labute approximate surface area is 154 Å². The molecule has 1 amide bonds. The molecule has 0 spiro atoms. The van der Waals surface area contributed by atoms with Crippen LogP contribution in [0.5, 0.6) is 0 Å². The smallest absolute Gasteiger partial charge is 0.234 e. The monoisotopic (exact) mass is 385 g/mol. The van der Waals surface area contributed by atoms with Gasteiger partial charge in [-0.15, -0.1) is 0 Å². The minimum atomic E-state index is -2.97. The van der Waals surface area contributed by atoms with Gasteiger partial charge >= 0.3 is 0 Å². The molecule has 0 bridgehead atoms. The molecule has 2 aliphatic heterocycles. The summed E-state index contributed by atoms with van der Waals surface area (Å²) in [6.07, 6.45) is 0.524. The molecule has 2 heterocycles. The Kier molecular flexibility index (Phi) is 5.55. The number of carbonyl (C=O) groups excluding carboxylic acids is 1. The van der Waals surface area contributed by atoms with E-state index >= 15 is 0 Å². The highest BCUT2D eigenvalue weighted by atomic mass is 35.5. The molecule has 138 valence electrons. The van der Waals surface area contributed by atoms with Crippen LogP contribution in [-0.4, -0.2) is 69.5 Å². The number of halogens is 1. The van der Waals surface area contributed by atoms with Crippen molar-refractivity contribution in [1.29, 1.82) is 0 Å². The Bertz CT molecular complexity index is 746. The van der Waals surface area contributed by atoms with Crippen molar-refractivity contribution >= 4 is 33.0 Å². The first-order valence-corrected chi connectivity index (χ1v) is 10.8. The molecule has 0 aromatic heterocycles. The highest BCUT2D eigenvalue weighted by Gasteiger charge is 2.29. The molecule has 0 saturated carbocycles. The number of sulfone groups is 1. The lowest BCUT2D eigenvalue weighted by molar-refractivity contribution is -0.122. The van der Waals surface area contributed by atoms with Crippen LogP contribution in [0, 0.1) is 6.92 Å². The van der Waals surface area contributed by atoms with Gasteiger partial charge in [-0.05, 0) is 31.0 Å². The van der Waals surface area contributed by atoms with E-state index in [0.717, 1.165) is 36.9 Å². The summed E-state index contributed by atoms with van der Waals surface area (Å²) in [6.45, 7) is 5.66. The molecule has 0 radical (unpaired) electrons. The van der Waals surface area contributed by atoms with E-state index in [1.807, 2.05) is 18.2 Å². The molecule has 2 aliphatic rings. The number of benzene rings is 1. The van der Waals surface area contributed by atoms with E-state index < -0.39 is 9.84 Å². The second-order valence-corrected chi connectivity index (χ2v) is 9.53. The van der Waals surface area contributed by atoms with Gasteiger partial charge in [-0.25, -0.2) is 8.42 Å². The first kappa shape index (κ1) is 18.5.